The van der Waals surface area contributed by atoms with Gasteiger partial charge in [0.15, 0.2) is 5.96 Å². The lowest BCUT2D eigenvalue weighted by atomic mass is 10.3. The molecule has 0 bridgehead atoms. The summed E-state index contributed by atoms with van der Waals surface area (Å²) in [6, 6.07) is 13.3. The van der Waals surface area contributed by atoms with Crippen molar-refractivity contribution in [1.82, 2.24) is 4.98 Å². The van der Waals surface area contributed by atoms with Gasteiger partial charge >= 0.3 is 0 Å². The normalized spacial score (nSPS) is 11.1. The molecule has 2 rings (SSSR count). The molecule has 116 valence electrons. The van der Waals surface area contributed by atoms with E-state index >= 15 is 0 Å². The molecule has 6 nitrogen and oxygen atoms in total. The first-order valence-electron chi connectivity index (χ1n) is 6.93. The number of nitrogens with two attached hydrogens (primary N) is 1. The molecule has 0 radical (unpaired) electrons. The van der Waals surface area contributed by atoms with Crippen molar-refractivity contribution in [1.29, 1.82) is 0 Å². The topological polar surface area (TPSA) is 75.8 Å². The van der Waals surface area contributed by atoms with Crippen LogP contribution in [-0.4, -0.2) is 32.1 Å². The Balaban J connectivity index is 1.98. The van der Waals surface area contributed by atoms with Crippen molar-refractivity contribution in [3.8, 4) is 5.75 Å². The van der Waals surface area contributed by atoms with Crippen LogP contribution in [0.1, 0.15) is 5.69 Å². The number of ether oxygens (including phenoxy) is 1. The van der Waals surface area contributed by atoms with Crippen molar-refractivity contribution in [2.24, 2.45) is 10.7 Å². The summed E-state index contributed by atoms with van der Waals surface area (Å²) >= 11 is 0. The first kappa shape index (κ1) is 15.6. The number of nitrogens with zero attached hydrogens (tertiary/aromatic N) is 3. The smallest absolute Gasteiger partial charge is 0.193 e. The van der Waals surface area contributed by atoms with Gasteiger partial charge in [-0.25, -0.2) is 9.98 Å². The van der Waals surface area contributed by atoms with Gasteiger partial charge in [-0.2, -0.15) is 0 Å². The molecule has 0 atom stereocenters. The molecular formula is C16H21N5O. The largest absolute Gasteiger partial charge is 0.497 e. The van der Waals surface area contributed by atoms with E-state index in [0.29, 0.717) is 12.5 Å². The van der Waals surface area contributed by atoms with E-state index in [2.05, 4.69) is 15.3 Å². The molecule has 0 amide bonds. The maximum atomic E-state index is 5.89. The Morgan fingerprint density at radius 1 is 1.23 bits per heavy atom. The molecule has 0 saturated carbocycles. The van der Waals surface area contributed by atoms with Crippen molar-refractivity contribution in [2.45, 2.75) is 6.54 Å². The van der Waals surface area contributed by atoms with E-state index in [1.807, 2.05) is 61.5 Å². The monoisotopic (exact) mass is 299 g/mol. The second-order valence-electron chi connectivity index (χ2n) is 4.94. The van der Waals surface area contributed by atoms with E-state index in [9.17, 15) is 0 Å². The third-order valence-electron chi connectivity index (χ3n) is 3.02. The third-order valence-corrected chi connectivity index (χ3v) is 3.02. The minimum Gasteiger partial charge on any atom is -0.497 e. The first-order chi connectivity index (χ1) is 10.6. The van der Waals surface area contributed by atoms with Gasteiger partial charge in [0.1, 0.15) is 11.6 Å². The lowest BCUT2D eigenvalue weighted by molar-refractivity contribution is 0.415. The average Bonchev–Trinajstić information content (AvgIpc) is 2.54. The van der Waals surface area contributed by atoms with Crippen LogP contribution in [0.25, 0.3) is 0 Å². The van der Waals surface area contributed by atoms with Crippen molar-refractivity contribution in [2.75, 3.05) is 31.4 Å². The third kappa shape index (κ3) is 4.37. The van der Waals surface area contributed by atoms with E-state index in [1.54, 1.807) is 7.11 Å². The predicted molar refractivity (Wildman–Crippen MR) is 90.5 cm³/mol. The number of aromatic nitrogens is 1. The van der Waals surface area contributed by atoms with Crippen LogP contribution in [0.15, 0.2) is 47.5 Å². The fraction of sp³-hybridized carbons (Fsp3) is 0.250. The summed E-state index contributed by atoms with van der Waals surface area (Å²) in [5, 5.41) is 3.03. The molecule has 0 aliphatic carbocycles. The summed E-state index contributed by atoms with van der Waals surface area (Å²) in [7, 11) is 5.54. The van der Waals surface area contributed by atoms with Crippen LogP contribution in [0.3, 0.4) is 0 Å². The number of benzene rings is 1. The van der Waals surface area contributed by atoms with Gasteiger partial charge in [0.05, 0.1) is 19.3 Å². The number of pyridine rings is 1. The van der Waals surface area contributed by atoms with Gasteiger partial charge in [-0.05, 0) is 36.4 Å². The van der Waals surface area contributed by atoms with Crippen LogP contribution in [-0.2, 0) is 6.54 Å². The second-order valence-corrected chi connectivity index (χ2v) is 4.94. The summed E-state index contributed by atoms with van der Waals surface area (Å²) in [5.74, 6) is 2.04. The van der Waals surface area contributed by atoms with E-state index in [4.69, 9.17) is 10.5 Å². The molecule has 1 heterocycles. The molecule has 1 aromatic carbocycles. The van der Waals surface area contributed by atoms with Gasteiger partial charge in [0.2, 0.25) is 0 Å². The Bertz CT molecular complexity index is 637. The van der Waals surface area contributed by atoms with Gasteiger partial charge in [0, 0.05) is 19.8 Å². The number of hydrogen-bond donors (Lipinski definition) is 2. The zero-order valence-electron chi connectivity index (χ0n) is 13.1. The van der Waals surface area contributed by atoms with Crippen LogP contribution in [0.5, 0.6) is 5.75 Å². The molecule has 0 unspecified atom stereocenters. The Labute approximate surface area is 130 Å². The SMILES string of the molecule is COc1ccc(NC(N)=NCc2cccc(N(C)C)n2)cc1. The highest BCUT2D eigenvalue weighted by molar-refractivity contribution is 5.92. The molecule has 3 N–H and O–H groups in total. The molecule has 1 aromatic heterocycles. The summed E-state index contributed by atoms with van der Waals surface area (Å²) in [4.78, 5) is 10.7. The van der Waals surface area contributed by atoms with Crippen LogP contribution < -0.4 is 20.7 Å². The number of rotatable bonds is 5. The highest BCUT2D eigenvalue weighted by Crippen LogP contribution is 2.14. The van der Waals surface area contributed by atoms with Gasteiger partial charge in [-0.3, -0.25) is 0 Å². The second kappa shape index (κ2) is 7.31. The molecule has 0 aliphatic heterocycles. The Morgan fingerprint density at radius 2 is 1.95 bits per heavy atom. The minimum atomic E-state index is 0.349. The standard InChI is InChI=1S/C16H21N5O/c1-21(2)15-6-4-5-13(19-15)11-18-16(17)20-12-7-9-14(22-3)10-8-12/h4-10H,11H2,1-3H3,(H3,17,18,20). The number of methoxy groups -OCH3 is 1. The van der Waals surface area contributed by atoms with Gasteiger partial charge in [-0.15, -0.1) is 0 Å². The van der Waals surface area contributed by atoms with Crippen molar-refractivity contribution < 1.29 is 4.74 Å². The van der Waals surface area contributed by atoms with Crippen molar-refractivity contribution in [3.63, 3.8) is 0 Å². The summed E-state index contributed by atoms with van der Waals surface area (Å²) in [6.07, 6.45) is 0. The first-order valence-corrected chi connectivity index (χ1v) is 6.93. The number of hydrogen-bond acceptors (Lipinski definition) is 4. The Hall–Kier alpha value is -2.76. The average molecular weight is 299 g/mol. The van der Waals surface area contributed by atoms with Gasteiger partial charge < -0.3 is 20.7 Å². The summed E-state index contributed by atoms with van der Waals surface area (Å²) in [5.41, 5.74) is 7.62. The molecule has 0 saturated heterocycles. The Morgan fingerprint density at radius 3 is 2.59 bits per heavy atom. The van der Waals surface area contributed by atoms with Gasteiger partial charge in [-0.1, -0.05) is 6.07 Å². The molecule has 6 heteroatoms. The number of anilines is 2. The summed E-state index contributed by atoms with van der Waals surface area (Å²) < 4.78 is 5.11. The molecule has 0 fully saturated rings. The lowest BCUT2D eigenvalue weighted by Crippen LogP contribution is -2.22. The molecule has 0 aliphatic rings. The van der Waals surface area contributed by atoms with Crippen molar-refractivity contribution >= 4 is 17.5 Å². The molecule has 0 spiro atoms. The highest BCUT2D eigenvalue weighted by atomic mass is 16.5. The summed E-state index contributed by atoms with van der Waals surface area (Å²) in [6.45, 7) is 0.427. The highest BCUT2D eigenvalue weighted by Gasteiger charge is 2.00. The molecule has 22 heavy (non-hydrogen) atoms. The van der Waals surface area contributed by atoms with E-state index < -0.39 is 0 Å². The molecule has 2 aromatic rings. The number of nitrogens with one attached hydrogen (secondary N) is 1. The number of aliphatic imine (C=N–C) groups is 1. The quantitative estimate of drug-likeness (QED) is 0.653. The van der Waals surface area contributed by atoms with Crippen LogP contribution >= 0.6 is 0 Å². The fourth-order valence-electron chi connectivity index (χ4n) is 1.83. The van der Waals surface area contributed by atoms with Gasteiger partial charge in [0.25, 0.3) is 0 Å². The van der Waals surface area contributed by atoms with E-state index in [1.165, 1.54) is 0 Å². The maximum Gasteiger partial charge on any atom is 0.193 e. The number of guanidine groups is 1. The minimum absolute atomic E-state index is 0.349. The van der Waals surface area contributed by atoms with Crippen LogP contribution in [0, 0.1) is 0 Å². The molecular weight excluding hydrogens is 278 g/mol. The zero-order valence-corrected chi connectivity index (χ0v) is 13.1. The Kier molecular flexibility index (Phi) is 5.19. The zero-order chi connectivity index (χ0) is 15.9. The van der Waals surface area contributed by atoms with Crippen LogP contribution in [0.2, 0.25) is 0 Å². The van der Waals surface area contributed by atoms with E-state index in [-0.39, 0.29) is 0 Å². The van der Waals surface area contributed by atoms with E-state index in [0.717, 1.165) is 22.9 Å². The predicted octanol–water partition coefficient (Wildman–Crippen LogP) is 2.08. The van der Waals surface area contributed by atoms with Crippen LogP contribution in [0.4, 0.5) is 11.5 Å². The fourth-order valence-corrected chi connectivity index (χ4v) is 1.83. The van der Waals surface area contributed by atoms with Crippen molar-refractivity contribution in [3.05, 3.63) is 48.2 Å². The maximum absolute atomic E-state index is 5.89. The lowest BCUT2D eigenvalue weighted by Gasteiger charge is -2.11.